The van der Waals surface area contributed by atoms with E-state index >= 15 is 0 Å². The van der Waals surface area contributed by atoms with Crippen molar-refractivity contribution in [2.24, 2.45) is 11.7 Å². The van der Waals surface area contributed by atoms with Gasteiger partial charge in [-0.25, -0.2) is 4.79 Å². The minimum Gasteiger partial charge on any atom is -0.480 e. The van der Waals surface area contributed by atoms with Gasteiger partial charge in [-0.15, -0.1) is 0 Å². The van der Waals surface area contributed by atoms with Gasteiger partial charge in [0.05, 0.1) is 12.7 Å². The van der Waals surface area contributed by atoms with E-state index in [0.717, 1.165) is 0 Å². The van der Waals surface area contributed by atoms with Gasteiger partial charge in [-0.2, -0.15) is 0 Å². The summed E-state index contributed by atoms with van der Waals surface area (Å²) in [7, 11) is 0. The molecule has 4 atom stereocenters. The summed E-state index contributed by atoms with van der Waals surface area (Å²) >= 11 is 0. The Hall–Kier alpha value is -1.71. The Bertz CT molecular complexity index is 399. The fourth-order valence-corrected chi connectivity index (χ4v) is 1.65. The van der Waals surface area contributed by atoms with Gasteiger partial charge in [0.25, 0.3) is 0 Å². The van der Waals surface area contributed by atoms with Crippen LogP contribution in [-0.4, -0.2) is 63.9 Å². The van der Waals surface area contributed by atoms with Crippen LogP contribution < -0.4 is 16.4 Å². The van der Waals surface area contributed by atoms with Crippen molar-refractivity contribution in [1.82, 2.24) is 10.6 Å². The number of aliphatic hydroxyl groups excluding tert-OH is 2. The van der Waals surface area contributed by atoms with Crippen LogP contribution >= 0.6 is 0 Å². The maximum atomic E-state index is 11.9. The number of carboxylic acids is 1. The van der Waals surface area contributed by atoms with Crippen LogP contribution in [-0.2, 0) is 14.4 Å². The van der Waals surface area contributed by atoms with E-state index in [1.165, 1.54) is 6.92 Å². The third-order valence-corrected chi connectivity index (χ3v) is 2.96. The lowest BCUT2D eigenvalue weighted by molar-refractivity contribution is -0.143. The zero-order chi connectivity index (χ0) is 17.4. The number of nitrogens with one attached hydrogen (secondary N) is 2. The van der Waals surface area contributed by atoms with E-state index in [1.54, 1.807) is 13.8 Å². The molecular weight excluding hydrogens is 294 g/mol. The van der Waals surface area contributed by atoms with Crippen molar-refractivity contribution in [2.45, 2.75) is 51.4 Å². The van der Waals surface area contributed by atoms with Crippen LogP contribution in [0.2, 0.25) is 0 Å². The number of hydrogen-bond acceptors (Lipinski definition) is 6. The van der Waals surface area contributed by atoms with E-state index in [2.05, 4.69) is 10.6 Å². The average Bonchev–Trinajstić information content (AvgIpc) is 2.41. The van der Waals surface area contributed by atoms with Crippen LogP contribution in [0.1, 0.15) is 27.2 Å². The summed E-state index contributed by atoms with van der Waals surface area (Å²) in [4.78, 5) is 34.7. The van der Waals surface area contributed by atoms with Crippen molar-refractivity contribution < 1.29 is 29.7 Å². The van der Waals surface area contributed by atoms with Gasteiger partial charge in [-0.05, 0) is 19.3 Å². The molecule has 0 aromatic carbocycles. The second-order valence-corrected chi connectivity index (χ2v) is 5.54. The van der Waals surface area contributed by atoms with Gasteiger partial charge < -0.3 is 31.7 Å². The molecule has 128 valence electrons. The fourth-order valence-electron chi connectivity index (χ4n) is 1.65. The standard InChI is InChI=1S/C13H25N3O6/c1-6(2)4-8(13(21)22)15-11(19)9(5-17)16-12(20)10(14)7(3)18/h6-10,17-18H,4-5,14H2,1-3H3,(H,15,19)(H,16,20)(H,21,22)/t7-,8+,9+,10+/m1/s1. The molecule has 0 aliphatic rings. The third-order valence-electron chi connectivity index (χ3n) is 2.96. The van der Waals surface area contributed by atoms with E-state index in [1.807, 2.05) is 0 Å². The quantitative estimate of drug-likeness (QED) is 0.280. The second kappa shape index (κ2) is 9.34. The van der Waals surface area contributed by atoms with Gasteiger partial charge in [0.1, 0.15) is 18.1 Å². The van der Waals surface area contributed by atoms with Gasteiger partial charge in [0.2, 0.25) is 11.8 Å². The van der Waals surface area contributed by atoms with Gasteiger partial charge in [0, 0.05) is 0 Å². The lowest BCUT2D eigenvalue weighted by Crippen LogP contribution is -2.57. The number of amides is 2. The Morgan fingerprint density at radius 3 is 1.91 bits per heavy atom. The maximum absolute atomic E-state index is 11.9. The molecule has 7 N–H and O–H groups in total. The van der Waals surface area contributed by atoms with E-state index < -0.39 is 48.6 Å². The van der Waals surface area contributed by atoms with Crippen molar-refractivity contribution in [2.75, 3.05) is 6.61 Å². The molecule has 0 saturated carbocycles. The minimum atomic E-state index is -1.34. The Morgan fingerprint density at radius 1 is 1.05 bits per heavy atom. The third kappa shape index (κ3) is 6.83. The van der Waals surface area contributed by atoms with Crippen LogP contribution in [0, 0.1) is 5.92 Å². The predicted octanol–water partition coefficient (Wildman–Crippen LogP) is -2.21. The van der Waals surface area contributed by atoms with Gasteiger partial charge in [-0.3, -0.25) is 9.59 Å². The molecule has 9 heteroatoms. The van der Waals surface area contributed by atoms with Crippen LogP contribution in [0.4, 0.5) is 0 Å². The highest BCUT2D eigenvalue weighted by Crippen LogP contribution is 2.05. The number of aliphatic hydroxyl groups is 2. The summed E-state index contributed by atoms with van der Waals surface area (Å²) in [5.41, 5.74) is 5.41. The molecule has 0 aromatic heterocycles. The van der Waals surface area contributed by atoms with Crippen LogP contribution in [0.15, 0.2) is 0 Å². The van der Waals surface area contributed by atoms with Gasteiger partial charge >= 0.3 is 5.97 Å². The topological polar surface area (TPSA) is 162 Å². The minimum absolute atomic E-state index is 0.0345. The van der Waals surface area contributed by atoms with Gasteiger partial charge in [-0.1, -0.05) is 13.8 Å². The Labute approximate surface area is 128 Å². The summed E-state index contributed by atoms with van der Waals surface area (Å²) in [6.07, 6.45) is -0.921. The molecule has 0 heterocycles. The maximum Gasteiger partial charge on any atom is 0.326 e. The molecule has 0 rings (SSSR count). The molecule has 9 nitrogen and oxygen atoms in total. The van der Waals surface area contributed by atoms with E-state index in [9.17, 15) is 24.6 Å². The Kier molecular flexibility index (Phi) is 8.61. The van der Waals surface area contributed by atoms with Crippen molar-refractivity contribution in [3.63, 3.8) is 0 Å². The first kappa shape index (κ1) is 20.3. The lowest BCUT2D eigenvalue weighted by Gasteiger charge is -2.22. The molecule has 0 spiro atoms. The summed E-state index contributed by atoms with van der Waals surface area (Å²) in [5.74, 6) is -2.82. The molecule has 0 aliphatic carbocycles. The van der Waals surface area contributed by atoms with Crippen LogP contribution in [0.3, 0.4) is 0 Å². The fraction of sp³-hybridized carbons (Fsp3) is 0.769. The zero-order valence-corrected chi connectivity index (χ0v) is 12.9. The monoisotopic (exact) mass is 319 g/mol. The second-order valence-electron chi connectivity index (χ2n) is 5.54. The predicted molar refractivity (Wildman–Crippen MR) is 77.7 cm³/mol. The molecule has 0 saturated heterocycles. The summed E-state index contributed by atoms with van der Waals surface area (Å²) < 4.78 is 0. The van der Waals surface area contributed by atoms with Crippen molar-refractivity contribution in [3.8, 4) is 0 Å². The first-order valence-corrected chi connectivity index (χ1v) is 6.98. The number of rotatable bonds is 9. The number of hydrogen-bond donors (Lipinski definition) is 6. The smallest absolute Gasteiger partial charge is 0.326 e. The SMILES string of the molecule is CC(C)C[C@H](NC(=O)[C@H](CO)NC(=O)[C@@H](N)[C@@H](C)O)C(=O)O. The van der Waals surface area contributed by atoms with E-state index in [4.69, 9.17) is 10.8 Å². The molecule has 0 radical (unpaired) electrons. The Balaban J connectivity index is 4.76. The average molecular weight is 319 g/mol. The van der Waals surface area contributed by atoms with Crippen molar-refractivity contribution in [3.05, 3.63) is 0 Å². The molecule has 0 aliphatic heterocycles. The summed E-state index contributed by atoms with van der Waals surface area (Å²) in [5, 5.41) is 31.9. The van der Waals surface area contributed by atoms with Crippen molar-refractivity contribution >= 4 is 17.8 Å². The molecule has 0 aromatic rings. The molecular formula is C13H25N3O6. The summed E-state index contributed by atoms with van der Waals surface area (Å²) in [6, 6.07) is -3.72. The Morgan fingerprint density at radius 2 is 1.55 bits per heavy atom. The molecule has 22 heavy (non-hydrogen) atoms. The van der Waals surface area contributed by atoms with Crippen LogP contribution in [0.25, 0.3) is 0 Å². The number of carbonyl (C=O) groups is 3. The first-order chi connectivity index (χ1) is 10.1. The number of nitrogens with two attached hydrogens (primary N) is 1. The number of aliphatic carboxylic acids is 1. The first-order valence-electron chi connectivity index (χ1n) is 6.98. The molecule has 0 unspecified atom stereocenters. The highest BCUT2D eigenvalue weighted by Gasteiger charge is 2.28. The zero-order valence-electron chi connectivity index (χ0n) is 12.9. The van der Waals surface area contributed by atoms with Crippen LogP contribution in [0.5, 0.6) is 0 Å². The molecule has 0 bridgehead atoms. The summed E-state index contributed by atoms with van der Waals surface area (Å²) in [6.45, 7) is 4.18. The largest absolute Gasteiger partial charge is 0.480 e. The molecule has 0 fully saturated rings. The normalized spacial score (nSPS) is 16.5. The van der Waals surface area contributed by atoms with Gasteiger partial charge in [0.15, 0.2) is 0 Å². The van der Waals surface area contributed by atoms with Crippen molar-refractivity contribution in [1.29, 1.82) is 0 Å². The number of carbonyl (C=O) groups excluding carboxylic acids is 2. The number of carboxylic acid groups (broad SMARTS) is 1. The highest BCUT2D eigenvalue weighted by molar-refractivity contribution is 5.92. The highest BCUT2D eigenvalue weighted by atomic mass is 16.4. The lowest BCUT2D eigenvalue weighted by atomic mass is 10.0. The molecule has 2 amide bonds. The van der Waals surface area contributed by atoms with E-state index in [0.29, 0.717) is 0 Å². The van der Waals surface area contributed by atoms with E-state index in [-0.39, 0.29) is 12.3 Å².